The third-order valence-electron chi connectivity index (χ3n) is 4.65. The lowest BCUT2D eigenvalue weighted by atomic mass is 9.83. The summed E-state index contributed by atoms with van der Waals surface area (Å²) in [5.41, 5.74) is 3.00. The molecule has 1 aromatic heterocycles. The zero-order valence-electron chi connectivity index (χ0n) is 14.6. The largest absolute Gasteiger partial charge is 0.351 e. The lowest BCUT2D eigenvalue weighted by molar-refractivity contribution is 0.0950. The standard InChI is InChI=1S/C22H21ClN2O/c1-16(17-7-9-20(23)10-8-17)21(18-11-13-24-14-12-18)15-25-22(26)19-5-3-2-4-6-19/h2-14,16,21H,15H2,1H3,(H,25,26). The van der Waals surface area contributed by atoms with Crippen LogP contribution in [-0.2, 0) is 0 Å². The number of carbonyl (C=O) groups is 1. The summed E-state index contributed by atoms with van der Waals surface area (Å²) in [6, 6.07) is 21.2. The quantitative estimate of drug-likeness (QED) is 0.664. The lowest BCUT2D eigenvalue weighted by Crippen LogP contribution is -2.30. The van der Waals surface area contributed by atoms with Gasteiger partial charge in [0.1, 0.15) is 0 Å². The van der Waals surface area contributed by atoms with Crippen molar-refractivity contribution in [2.45, 2.75) is 18.8 Å². The van der Waals surface area contributed by atoms with Gasteiger partial charge >= 0.3 is 0 Å². The highest BCUT2D eigenvalue weighted by molar-refractivity contribution is 6.30. The number of pyridine rings is 1. The molecule has 0 aliphatic heterocycles. The van der Waals surface area contributed by atoms with Gasteiger partial charge in [0.05, 0.1) is 0 Å². The molecule has 1 N–H and O–H groups in total. The minimum absolute atomic E-state index is 0.0621. The first-order valence-corrected chi connectivity index (χ1v) is 9.01. The van der Waals surface area contributed by atoms with E-state index < -0.39 is 0 Å². The van der Waals surface area contributed by atoms with Crippen LogP contribution in [-0.4, -0.2) is 17.4 Å². The third kappa shape index (κ3) is 4.50. The van der Waals surface area contributed by atoms with E-state index in [9.17, 15) is 4.79 Å². The first-order chi connectivity index (χ1) is 12.6. The molecule has 0 aliphatic rings. The number of amides is 1. The van der Waals surface area contributed by atoms with Gasteiger partial charge in [-0.15, -0.1) is 0 Å². The highest BCUT2D eigenvalue weighted by Gasteiger charge is 2.22. The Morgan fingerprint density at radius 3 is 2.27 bits per heavy atom. The van der Waals surface area contributed by atoms with Gasteiger partial charge in [-0.05, 0) is 53.4 Å². The first kappa shape index (κ1) is 18.2. The van der Waals surface area contributed by atoms with E-state index in [4.69, 9.17) is 11.6 Å². The van der Waals surface area contributed by atoms with Crippen molar-refractivity contribution in [3.8, 4) is 0 Å². The van der Waals surface area contributed by atoms with Crippen molar-refractivity contribution in [3.05, 3.63) is 101 Å². The summed E-state index contributed by atoms with van der Waals surface area (Å²) in [6.45, 7) is 2.71. The van der Waals surface area contributed by atoms with Crippen molar-refractivity contribution in [2.75, 3.05) is 6.54 Å². The average Bonchev–Trinajstić information content (AvgIpc) is 2.70. The monoisotopic (exact) mass is 364 g/mol. The molecule has 3 nitrogen and oxygen atoms in total. The Balaban J connectivity index is 1.80. The summed E-state index contributed by atoms with van der Waals surface area (Å²) in [5, 5.41) is 3.80. The molecule has 3 rings (SSSR count). The molecule has 2 atom stereocenters. The maximum atomic E-state index is 12.4. The fourth-order valence-corrected chi connectivity index (χ4v) is 3.21. The predicted molar refractivity (Wildman–Crippen MR) is 106 cm³/mol. The molecule has 1 heterocycles. The van der Waals surface area contributed by atoms with E-state index >= 15 is 0 Å². The molecule has 0 fully saturated rings. The molecule has 132 valence electrons. The topological polar surface area (TPSA) is 42.0 Å². The molecule has 0 saturated carbocycles. The number of carbonyl (C=O) groups excluding carboxylic acids is 1. The number of hydrogen-bond acceptors (Lipinski definition) is 2. The van der Waals surface area contributed by atoms with Crippen molar-refractivity contribution in [1.82, 2.24) is 10.3 Å². The molecule has 0 bridgehead atoms. The minimum Gasteiger partial charge on any atom is -0.351 e. The smallest absolute Gasteiger partial charge is 0.251 e. The van der Waals surface area contributed by atoms with Crippen molar-refractivity contribution in [3.63, 3.8) is 0 Å². The Morgan fingerprint density at radius 1 is 0.962 bits per heavy atom. The summed E-state index contributed by atoms with van der Waals surface area (Å²) in [6.07, 6.45) is 3.58. The summed E-state index contributed by atoms with van der Waals surface area (Å²) in [7, 11) is 0. The second kappa shape index (κ2) is 8.63. The number of nitrogens with one attached hydrogen (secondary N) is 1. The molecule has 26 heavy (non-hydrogen) atoms. The molecular formula is C22H21ClN2O. The molecule has 2 aromatic carbocycles. The molecule has 4 heteroatoms. The zero-order valence-corrected chi connectivity index (χ0v) is 15.4. The lowest BCUT2D eigenvalue weighted by Gasteiger charge is -2.25. The number of nitrogens with zero attached hydrogens (tertiary/aromatic N) is 1. The van der Waals surface area contributed by atoms with E-state index in [-0.39, 0.29) is 17.7 Å². The summed E-state index contributed by atoms with van der Waals surface area (Å²) in [4.78, 5) is 16.6. The molecule has 2 unspecified atom stereocenters. The number of aromatic nitrogens is 1. The van der Waals surface area contributed by atoms with Crippen molar-refractivity contribution in [1.29, 1.82) is 0 Å². The Labute approximate surface area is 159 Å². The van der Waals surface area contributed by atoms with Gasteiger partial charge in [0.25, 0.3) is 5.91 Å². The molecule has 0 spiro atoms. The maximum Gasteiger partial charge on any atom is 0.251 e. The Morgan fingerprint density at radius 2 is 1.62 bits per heavy atom. The molecule has 1 amide bonds. The normalized spacial score (nSPS) is 13.0. The van der Waals surface area contributed by atoms with Crippen LogP contribution in [0.5, 0.6) is 0 Å². The SMILES string of the molecule is CC(c1ccc(Cl)cc1)C(CNC(=O)c1ccccc1)c1ccncc1. The van der Waals surface area contributed by atoms with E-state index in [1.54, 1.807) is 12.4 Å². The van der Waals surface area contributed by atoms with Crippen LogP contribution >= 0.6 is 11.6 Å². The van der Waals surface area contributed by atoms with E-state index in [1.165, 1.54) is 5.56 Å². The maximum absolute atomic E-state index is 12.4. The number of hydrogen-bond donors (Lipinski definition) is 1. The van der Waals surface area contributed by atoms with Crippen LogP contribution in [0.15, 0.2) is 79.1 Å². The van der Waals surface area contributed by atoms with Gasteiger partial charge in [-0.3, -0.25) is 9.78 Å². The van der Waals surface area contributed by atoms with E-state index in [0.717, 1.165) is 10.6 Å². The number of rotatable bonds is 6. The van der Waals surface area contributed by atoms with Gasteiger partial charge in [-0.25, -0.2) is 0 Å². The highest BCUT2D eigenvalue weighted by Crippen LogP contribution is 2.32. The molecule has 0 radical (unpaired) electrons. The van der Waals surface area contributed by atoms with Gasteiger partial charge in [0, 0.05) is 35.4 Å². The average molecular weight is 365 g/mol. The van der Waals surface area contributed by atoms with Crippen molar-refractivity contribution >= 4 is 17.5 Å². The van der Waals surface area contributed by atoms with Crippen LogP contribution in [0.3, 0.4) is 0 Å². The highest BCUT2D eigenvalue weighted by atomic mass is 35.5. The molecular weight excluding hydrogens is 344 g/mol. The molecule has 0 aliphatic carbocycles. The second-order valence-corrected chi connectivity index (χ2v) is 6.74. The zero-order chi connectivity index (χ0) is 18.4. The van der Waals surface area contributed by atoms with Gasteiger partial charge in [-0.2, -0.15) is 0 Å². The fraction of sp³-hybridized carbons (Fsp3) is 0.182. The van der Waals surface area contributed by atoms with Crippen LogP contribution in [0.4, 0.5) is 0 Å². The first-order valence-electron chi connectivity index (χ1n) is 8.64. The van der Waals surface area contributed by atoms with Crippen LogP contribution in [0.2, 0.25) is 5.02 Å². The van der Waals surface area contributed by atoms with Gasteiger partial charge in [-0.1, -0.05) is 48.9 Å². The van der Waals surface area contributed by atoms with E-state index in [1.807, 2.05) is 66.7 Å². The fourth-order valence-electron chi connectivity index (χ4n) is 3.09. The van der Waals surface area contributed by atoms with Crippen LogP contribution in [0.25, 0.3) is 0 Å². The van der Waals surface area contributed by atoms with Gasteiger partial charge in [0.15, 0.2) is 0 Å². The van der Waals surface area contributed by atoms with Crippen LogP contribution < -0.4 is 5.32 Å². The number of halogens is 1. The van der Waals surface area contributed by atoms with Gasteiger partial charge in [0.2, 0.25) is 0 Å². The summed E-state index contributed by atoms with van der Waals surface area (Å²) in [5.74, 6) is 0.283. The van der Waals surface area contributed by atoms with Crippen molar-refractivity contribution < 1.29 is 4.79 Å². The molecule has 3 aromatic rings. The Hall–Kier alpha value is -2.65. The Kier molecular flexibility index (Phi) is 6.03. The van der Waals surface area contributed by atoms with E-state index in [0.29, 0.717) is 12.1 Å². The summed E-state index contributed by atoms with van der Waals surface area (Å²) < 4.78 is 0. The second-order valence-electron chi connectivity index (χ2n) is 6.30. The number of benzene rings is 2. The minimum atomic E-state index is -0.0621. The Bertz CT molecular complexity index is 835. The van der Waals surface area contributed by atoms with Crippen molar-refractivity contribution in [2.24, 2.45) is 0 Å². The summed E-state index contributed by atoms with van der Waals surface area (Å²) >= 11 is 6.02. The van der Waals surface area contributed by atoms with Crippen LogP contribution in [0.1, 0.15) is 40.2 Å². The third-order valence-corrected chi connectivity index (χ3v) is 4.90. The van der Waals surface area contributed by atoms with Crippen LogP contribution in [0, 0.1) is 0 Å². The van der Waals surface area contributed by atoms with E-state index in [2.05, 4.69) is 17.2 Å². The van der Waals surface area contributed by atoms with Gasteiger partial charge < -0.3 is 5.32 Å². The predicted octanol–water partition coefficient (Wildman–Crippen LogP) is 5.05. The molecule has 0 saturated heterocycles.